The molecule has 0 aromatic heterocycles. The number of benzene rings is 3. The lowest BCUT2D eigenvalue weighted by molar-refractivity contribution is -0.135. The average Bonchev–Trinajstić information content (AvgIpc) is 3.03. The number of nitrogens with zero attached hydrogens (tertiary/aromatic N) is 1. The van der Waals surface area contributed by atoms with Crippen molar-refractivity contribution in [1.29, 1.82) is 0 Å². The van der Waals surface area contributed by atoms with Crippen LogP contribution in [0.3, 0.4) is 0 Å². The molecule has 0 bridgehead atoms. The molecule has 4 amide bonds. The quantitative estimate of drug-likeness (QED) is 0.537. The van der Waals surface area contributed by atoms with Crippen LogP contribution in [0.2, 0.25) is 5.02 Å². The first kappa shape index (κ1) is 22.5. The van der Waals surface area contributed by atoms with E-state index in [0.717, 1.165) is 16.0 Å². The van der Waals surface area contributed by atoms with Gasteiger partial charge in [0.15, 0.2) is 0 Å². The lowest BCUT2D eigenvalue weighted by atomic mass is 9.92. The molecule has 0 saturated carbocycles. The van der Waals surface area contributed by atoms with E-state index in [1.807, 2.05) is 30.3 Å². The number of carbonyl (C=O) groups is 3. The van der Waals surface area contributed by atoms with Gasteiger partial charge < -0.3 is 10.6 Å². The molecule has 1 saturated heterocycles. The van der Waals surface area contributed by atoms with Crippen LogP contribution in [0.15, 0.2) is 78.9 Å². The number of urea groups is 1. The van der Waals surface area contributed by atoms with Crippen molar-refractivity contribution in [3.8, 4) is 0 Å². The number of amides is 4. The van der Waals surface area contributed by atoms with Crippen LogP contribution in [0.4, 0.5) is 9.18 Å². The maximum Gasteiger partial charge on any atom is 0.325 e. The summed E-state index contributed by atoms with van der Waals surface area (Å²) in [5.41, 5.74) is 0.669. The highest BCUT2D eigenvalue weighted by Crippen LogP contribution is 2.29. The van der Waals surface area contributed by atoms with Crippen LogP contribution in [0.1, 0.15) is 29.7 Å². The average molecular weight is 466 g/mol. The fourth-order valence-electron chi connectivity index (χ4n) is 3.83. The summed E-state index contributed by atoms with van der Waals surface area (Å²) in [5.74, 6) is -1.55. The van der Waals surface area contributed by atoms with Gasteiger partial charge in [0.25, 0.3) is 5.91 Å². The monoisotopic (exact) mass is 465 g/mol. The second kappa shape index (κ2) is 9.03. The smallest absolute Gasteiger partial charge is 0.325 e. The van der Waals surface area contributed by atoms with Gasteiger partial charge in [-0.1, -0.05) is 66.2 Å². The number of nitrogens with one attached hydrogen (secondary N) is 2. The Morgan fingerprint density at radius 1 is 1.00 bits per heavy atom. The molecule has 1 aliphatic heterocycles. The van der Waals surface area contributed by atoms with E-state index in [1.54, 1.807) is 24.3 Å². The molecule has 6 nitrogen and oxygen atoms in total. The fourth-order valence-corrected chi connectivity index (χ4v) is 3.96. The summed E-state index contributed by atoms with van der Waals surface area (Å²) in [7, 11) is 0. The van der Waals surface area contributed by atoms with Gasteiger partial charge in [0.1, 0.15) is 17.9 Å². The molecule has 0 radical (unpaired) electrons. The van der Waals surface area contributed by atoms with Gasteiger partial charge in [0.2, 0.25) is 5.91 Å². The molecule has 0 aliphatic carbocycles. The highest BCUT2D eigenvalue weighted by atomic mass is 35.5. The first-order valence-corrected chi connectivity index (χ1v) is 10.7. The summed E-state index contributed by atoms with van der Waals surface area (Å²) in [6, 6.07) is 20.5. The Hall–Kier alpha value is -3.71. The molecule has 3 aromatic carbocycles. The number of rotatable bonds is 6. The third-order valence-electron chi connectivity index (χ3n) is 5.64. The molecule has 0 spiro atoms. The summed E-state index contributed by atoms with van der Waals surface area (Å²) in [6.45, 7) is 1.07. The first-order valence-electron chi connectivity index (χ1n) is 10.3. The molecule has 4 rings (SSSR count). The lowest BCUT2D eigenvalue weighted by Gasteiger charge is -2.23. The minimum absolute atomic E-state index is 0.425. The molecule has 168 valence electrons. The highest BCUT2D eigenvalue weighted by Gasteiger charge is 2.49. The molecule has 8 heteroatoms. The predicted molar refractivity (Wildman–Crippen MR) is 122 cm³/mol. The number of imide groups is 1. The minimum atomic E-state index is -1.39. The van der Waals surface area contributed by atoms with E-state index in [0.29, 0.717) is 10.6 Å². The zero-order valence-electron chi connectivity index (χ0n) is 17.7. The van der Waals surface area contributed by atoms with E-state index < -0.39 is 41.8 Å². The maximum absolute atomic E-state index is 13.3. The van der Waals surface area contributed by atoms with Crippen LogP contribution in [0, 0.1) is 5.82 Å². The van der Waals surface area contributed by atoms with Crippen molar-refractivity contribution in [2.75, 3.05) is 6.54 Å². The van der Waals surface area contributed by atoms with Crippen molar-refractivity contribution in [3.63, 3.8) is 0 Å². The summed E-state index contributed by atoms with van der Waals surface area (Å²) < 4.78 is 13.3. The van der Waals surface area contributed by atoms with Crippen LogP contribution >= 0.6 is 11.6 Å². The van der Waals surface area contributed by atoms with Gasteiger partial charge in [-0.25, -0.2) is 9.18 Å². The third-order valence-corrected chi connectivity index (χ3v) is 5.89. The Morgan fingerprint density at radius 2 is 1.61 bits per heavy atom. The number of hydrogen-bond acceptors (Lipinski definition) is 3. The topological polar surface area (TPSA) is 78.5 Å². The molecule has 2 N–H and O–H groups in total. The van der Waals surface area contributed by atoms with E-state index in [4.69, 9.17) is 11.6 Å². The summed E-state index contributed by atoms with van der Waals surface area (Å²) >= 11 is 6.00. The summed E-state index contributed by atoms with van der Waals surface area (Å²) in [5, 5.41) is 6.09. The van der Waals surface area contributed by atoms with Crippen molar-refractivity contribution < 1.29 is 18.8 Å². The van der Waals surface area contributed by atoms with Gasteiger partial charge in [-0.05, 0) is 47.9 Å². The molecule has 2 unspecified atom stereocenters. The van der Waals surface area contributed by atoms with Crippen molar-refractivity contribution in [3.05, 3.63) is 106 Å². The predicted octanol–water partition coefficient (Wildman–Crippen LogP) is 4.15. The van der Waals surface area contributed by atoms with Crippen LogP contribution in [-0.2, 0) is 15.1 Å². The van der Waals surface area contributed by atoms with E-state index in [-0.39, 0.29) is 0 Å². The molecule has 2 atom stereocenters. The molecular weight excluding hydrogens is 445 g/mol. The van der Waals surface area contributed by atoms with Gasteiger partial charge in [0, 0.05) is 5.02 Å². The largest absolute Gasteiger partial charge is 0.344 e. The van der Waals surface area contributed by atoms with Crippen LogP contribution < -0.4 is 10.6 Å². The number of hydrogen-bond donors (Lipinski definition) is 2. The van der Waals surface area contributed by atoms with E-state index in [2.05, 4.69) is 10.6 Å². The highest BCUT2D eigenvalue weighted by molar-refractivity contribution is 6.30. The van der Waals surface area contributed by atoms with Gasteiger partial charge in [0.05, 0.1) is 6.04 Å². The molecule has 33 heavy (non-hydrogen) atoms. The van der Waals surface area contributed by atoms with Gasteiger partial charge in [-0.2, -0.15) is 0 Å². The Balaban J connectivity index is 1.54. The first-order chi connectivity index (χ1) is 15.8. The molecule has 1 fully saturated rings. The second-order valence-electron chi connectivity index (χ2n) is 7.92. The van der Waals surface area contributed by atoms with Crippen molar-refractivity contribution in [2.24, 2.45) is 0 Å². The Morgan fingerprint density at radius 3 is 2.24 bits per heavy atom. The zero-order chi connectivity index (χ0) is 23.6. The maximum atomic E-state index is 13.3. The molecule has 1 heterocycles. The van der Waals surface area contributed by atoms with E-state index in [9.17, 15) is 18.8 Å². The molecular formula is C25H21ClFN3O3. The number of carbonyl (C=O) groups excluding carboxylic acids is 3. The summed E-state index contributed by atoms with van der Waals surface area (Å²) in [4.78, 5) is 39.4. The third kappa shape index (κ3) is 4.59. The lowest BCUT2D eigenvalue weighted by Crippen LogP contribution is -2.44. The van der Waals surface area contributed by atoms with Crippen molar-refractivity contribution >= 4 is 29.4 Å². The van der Waals surface area contributed by atoms with Gasteiger partial charge in [-0.15, -0.1) is 0 Å². The van der Waals surface area contributed by atoms with Gasteiger partial charge in [-0.3, -0.25) is 14.5 Å². The minimum Gasteiger partial charge on any atom is -0.344 e. The van der Waals surface area contributed by atoms with E-state index in [1.165, 1.54) is 31.2 Å². The van der Waals surface area contributed by atoms with Crippen LogP contribution in [0.5, 0.6) is 0 Å². The zero-order valence-corrected chi connectivity index (χ0v) is 18.5. The molecule has 3 aromatic rings. The SMILES string of the molecule is CC1(c2ccc(F)cc2)NC(=O)N(CC(=O)NC(c2ccccc2)c2ccc(Cl)cc2)C1=O. The van der Waals surface area contributed by atoms with Gasteiger partial charge >= 0.3 is 6.03 Å². The van der Waals surface area contributed by atoms with Crippen molar-refractivity contribution in [2.45, 2.75) is 18.5 Å². The fraction of sp³-hybridized carbons (Fsp3) is 0.160. The molecule has 1 aliphatic rings. The Labute approximate surface area is 195 Å². The Kier molecular flexibility index (Phi) is 6.16. The van der Waals surface area contributed by atoms with Crippen molar-refractivity contribution in [1.82, 2.24) is 15.5 Å². The van der Waals surface area contributed by atoms with E-state index >= 15 is 0 Å². The second-order valence-corrected chi connectivity index (χ2v) is 8.35. The summed E-state index contributed by atoms with van der Waals surface area (Å²) in [6.07, 6.45) is 0. The standard InChI is InChI=1S/C25H21ClFN3O3/c1-25(18-9-13-20(27)14-10-18)23(32)30(24(33)29-25)15-21(31)28-22(16-5-3-2-4-6-16)17-7-11-19(26)12-8-17/h2-14,22H,15H2,1H3,(H,28,31)(H,29,33). The van der Waals surface area contributed by atoms with Crippen LogP contribution in [0.25, 0.3) is 0 Å². The normalized spacial score (nSPS) is 18.7. The Bertz CT molecular complexity index is 1190. The van der Waals surface area contributed by atoms with Crippen LogP contribution in [-0.4, -0.2) is 29.3 Å². The number of halogens is 2.